The van der Waals surface area contributed by atoms with Crippen LogP contribution in [0.5, 0.6) is 5.75 Å². The molecule has 0 aromatic heterocycles. The molecule has 0 aliphatic rings. The largest absolute Gasteiger partial charge is 0.495 e. The number of primary amides is 1. The molecule has 0 radical (unpaired) electrons. The first-order chi connectivity index (χ1) is 7.04. The lowest BCUT2D eigenvalue weighted by atomic mass is 10.2. The van der Waals surface area contributed by atoms with Gasteiger partial charge in [0.05, 0.1) is 17.8 Å². The quantitative estimate of drug-likeness (QED) is 0.546. The minimum absolute atomic E-state index is 0.349. The van der Waals surface area contributed by atoms with Crippen molar-refractivity contribution in [2.45, 2.75) is 0 Å². The van der Waals surface area contributed by atoms with Gasteiger partial charge in [-0.2, -0.15) is 0 Å². The lowest BCUT2D eigenvalue weighted by Crippen LogP contribution is -2.06. The van der Waals surface area contributed by atoms with E-state index in [2.05, 4.69) is 11.8 Å². The van der Waals surface area contributed by atoms with E-state index in [4.69, 9.17) is 27.8 Å². The molecule has 0 saturated carbocycles. The van der Waals surface area contributed by atoms with E-state index in [1.807, 2.05) is 0 Å². The van der Waals surface area contributed by atoms with Crippen LogP contribution in [0.25, 0.3) is 0 Å². The monoisotopic (exact) mass is 224 g/mol. The molecular weight excluding hydrogens is 216 g/mol. The highest BCUT2D eigenvalue weighted by molar-refractivity contribution is 6.32. The predicted molar refractivity (Wildman–Crippen MR) is 58.5 cm³/mol. The molecule has 0 aliphatic heterocycles. The zero-order chi connectivity index (χ0) is 11.4. The number of benzene rings is 1. The topological polar surface area (TPSA) is 78.3 Å². The average Bonchev–Trinajstić information content (AvgIpc) is 2.16. The highest BCUT2D eigenvalue weighted by Crippen LogP contribution is 2.28. The van der Waals surface area contributed by atoms with Crippen molar-refractivity contribution >= 4 is 23.2 Å². The fourth-order valence-electron chi connectivity index (χ4n) is 0.970. The number of nitrogens with two attached hydrogens (primary N) is 2. The molecule has 0 saturated heterocycles. The third kappa shape index (κ3) is 2.79. The molecule has 4 nitrogen and oxygen atoms in total. The Morgan fingerprint density at radius 2 is 2.20 bits per heavy atom. The van der Waals surface area contributed by atoms with Crippen molar-refractivity contribution in [3.05, 3.63) is 22.7 Å². The molecule has 0 unspecified atom stereocenters. The lowest BCUT2D eigenvalue weighted by molar-refractivity contribution is -0.112. The van der Waals surface area contributed by atoms with E-state index < -0.39 is 5.91 Å². The summed E-state index contributed by atoms with van der Waals surface area (Å²) in [6, 6.07) is 3.05. The van der Waals surface area contributed by atoms with Gasteiger partial charge in [-0.15, -0.1) is 0 Å². The molecule has 0 heterocycles. The van der Waals surface area contributed by atoms with Gasteiger partial charge in [-0.25, -0.2) is 0 Å². The Labute approximate surface area is 92.1 Å². The highest BCUT2D eigenvalue weighted by Gasteiger charge is 2.04. The zero-order valence-corrected chi connectivity index (χ0v) is 8.76. The SMILES string of the molecule is COc1cc(C#CC(N)=O)c(Cl)cc1N. The first-order valence-corrected chi connectivity index (χ1v) is 4.37. The summed E-state index contributed by atoms with van der Waals surface area (Å²) in [7, 11) is 1.48. The Balaban J connectivity index is 3.20. The van der Waals surface area contributed by atoms with Gasteiger partial charge < -0.3 is 16.2 Å². The van der Waals surface area contributed by atoms with Gasteiger partial charge in [-0.3, -0.25) is 4.79 Å². The molecule has 78 valence electrons. The summed E-state index contributed by atoms with van der Waals surface area (Å²) in [5.41, 5.74) is 11.3. The van der Waals surface area contributed by atoms with Crippen LogP contribution < -0.4 is 16.2 Å². The first-order valence-electron chi connectivity index (χ1n) is 3.99. The lowest BCUT2D eigenvalue weighted by Gasteiger charge is -2.05. The summed E-state index contributed by atoms with van der Waals surface area (Å²) in [6.45, 7) is 0. The van der Waals surface area contributed by atoms with Crippen LogP contribution in [0.4, 0.5) is 5.69 Å². The van der Waals surface area contributed by atoms with E-state index >= 15 is 0 Å². The van der Waals surface area contributed by atoms with Crippen molar-refractivity contribution in [2.24, 2.45) is 5.73 Å². The zero-order valence-electron chi connectivity index (χ0n) is 8.00. The summed E-state index contributed by atoms with van der Waals surface area (Å²) >= 11 is 5.85. The predicted octanol–water partition coefficient (Wildman–Crippen LogP) is 0.768. The number of methoxy groups -OCH3 is 1. The van der Waals surface area contributed by atoms with Crippen molar-refractivity contribution in [1.29, 1.82) is 0 Å². The van der Waals surface area contributed by atoms with Gasteiger partial charge in [0, 0.05) is 11.5 Å². The number of amides is 1. The Bertz CT molecular complexity index is 460. The summed E-state index contributed by atoms with van der Waals surface area (Å²) in [6.07, 6.45) is 0. The van der Waals surface area contributed by atoms with Gasteiger partial charge >= 0.3 is 0 Å². The molecule has 4 N–H and O–H groups in total. The fraction of sp³-hybridized carbons (Fsp3) is 0.100. The van der Waals surface area contributed by atoms with Gasteiger partial charge in [0.25, 0.3) is 5.91 Å². The molecule has 0 bridgehead atoms. The smallest absolute Gasteiger partial charge is 0.293 e. The number of ether oxygens (including phenoxy) is 1. The number of nitrogen functional groups attached to an aromatic ring is 1. The first kappa shape index (κ1) is 11.2. The molecule has 0 spiro atoms. The molecule has 1 amide bonds. The van der Waals surface area contributed by atoms with Crippen LogP contribution in [0.3, 0.4) is 0 Å². The number of rotatable bonds is 1. The van der Waals surface area contributed by atoms with Crippen molar-refractivity contribution in [2.75, 3.05) is 12.8 Å². The van der Waals surface area contributed by atoms with Crippen molar-refractivity contribution < 1.29 is 9.53 Å². The van der Waals surface area contributed by atoms with Gasteiger partial charge in [0.2, 0.25) is 0 Å². The van der Waals surface area contributed by atoms with E-state index in [1.165, 1.54) is 13.2 Å². The Hall–Kier alpha value is -1.86. The number of anilines is 1. The van der Waals surface area contributed by atoms with Gasteiger partial charge in [0.1, 0.15) is 5.75 Å². The second-order valence-corrected chi connectivity index (χ2v) is 3.10. The van der Waals surface area contributed by atoms with E-state index in [-0.39, 0.29) is 0 Å². The van der Waals surface area contributed by atoms with E-state index in [9.17, 15) is 4.79 Å². The molecule has 5 heteroatoms. The van der Waals surface area contributed by atoms with Gasteiger partial charge in [0.15, 0.2) is 0 Å². The van der Waals surface area contributed by atoms with Crippen LogP contribution in [0.1, 0.15) is 5.56 Å². The summed E-state index contributed by atoms with van der Waals surface area (Å²) < 4.78 is 4.98. The molecule has 15 heavy (non-hydrogen) atoms. The van der Waals surface area contributed by atoms with Crippen LogP contribution in [0.2, 0.25) is 5.02 Å². The minimum Gasteiger partial charge on any atom is -0.495 e. The van der Waals surface area contributed by atoms with Crippen molar-refractivity contribution in [3.8, 4) is 17.6 Å². The van der Waals surface area contributed by atoms with Crippen LogP contribution in [-0.2, 0) is 4.79 Å². The standard InChI is InChI=1S/C10H9ClN2O2/c1-15-9-4-6(2-3-10(13)14)7(11)5-8(9)12/h4-5H,12H2,1H3,(H2,13,14). The maximum Gasteiger partial charge on any atom is 0.293 e. The third-order valence-electron chi connectivity index (χ3n) is 1.64. The van der Waals surface area contributed by atoms with Crippen LogP contribution in [0.15, 0.2) is 12.1 Å². The van der Waals surface area contributed by atoms with E-state index in [0.29, 0.717) is 22.0 Å². The molecular formula is C10H9ClN2O2. The number of carbonyl (C=O) groups excluding carboxylic acids is 1. The normalized spacial score (nSPS) is 8.93. The Morgan fingerprint density at radius 1 is 1.53 bits per heavy atom. The highest BCUT2D eigenvalue weighted by atomic mass is 35.5. The molecule has 1 aromatic rings. The average molecular weight is 225 g/mol. The van der Waals surface area contributed by atoms with Crippen molar-refractivity contribution in [1.82, 2.24) is 0 Å². The second-order valence-electron chi connectivity index (χ2n) is 2.69. The van der Waals surface area contributed by atoms with Crippen LogP contribution >= 0.6 is 11.6 Å². The fourth-order valence-corrected chi connectivity index (χ4v) is 1.19. The summed E-state index contributed by atoms with van der Waals surface area (Å²) in [5, 5.41) is 0.349. The molecule has 0 aliphatic carbocycles. The van der Waals surface area contributed by atoms with Gasteiger partial charge in [-0.05, 0) is 12.1 Å². The van der Waals surface area contributed by atoms with Crippen LogP contribution in [0, 0.1) is 11.8 Å². The minimum atomic E-state index is -0.721. The second kappa shape index (κ2) is 4.58. The summed E-state index contributed by atoms with van der Waals surface area (Å²) in [4.78, 5) is 10.5. The maximum atomic E-state index is 10.5. The number of carbonyl (C=O) groups is 1. The number of hydrogen-bond acceptors (Lipinski definition) is 3. The summed E-state index contributed by atoms with van der Waals surface area (Å²) in [5.74, 6) is 4.44. The number of halogens is 1. The van der Waals surface area contributed by atoms with E-state index in [1.54, 1.807) is 6.07 Å². The maximum absolute atomic E-state index is 10.5. The Morgan fingerprint density at radius 3 is 2.73 bits per heavy atom. The number of hydrogen-bond donors (Lipinski definition) is 2. The van der Waals surface area contributed by atoms with Crippen molar-refractivity contribution in [3.63, 3.8) is 0 Å². The molecule has 1 rings (SSSR count). The molecule has 0 atom stereocenters. The van der Waals surface area contributed by atoms with Gasteiger partial charge in [-0.1, -0.05) is 17.5 Å². The molecule has 0 fully saturated rings. The van der Waals surface area contributed by atoms with E-state index in [0.717, 1.165) is 0 Å². The Kier molecular flexibility index (Phi) is 3.42. The third-order valence-corrected chi connectivity index (χ3v) is 1.95. The molecule has 1 aromatic carbocycles. The van der Waals surface area contributed by atoms with Crippen LogP contribution in [-0.4, -0.2) is 13.0 Å².